The SMILES string of the molecule is CCc1cc(-c2ccccc2)nc2ccc(N)cc12. The smallest absolute Gasteiger partial charge is 0.0713 e. The Hall–Kier alpha value is -2.35. The minimum absolute atomic E-state index is 0.788. The van der Waals surface area contributed by atoms with Crippen molar-refractivity contribution in [3.05, 3.63) is 60.2 Å². The molecule has 0 radical (unpaired) electrons. The van der Waals surface area contributed by atoms with Crippen molar-refractivity contribution in [2.75, 3.05) is 5.73 Å². The summed E-state index contributed by atoms with van der Waals surface area (Å²) in [7, 11) is 0. The molecule has 0 amide bonds. The Bertz CT molecular complexity index is 718. The normalized spacial score (nSPS) is 10.8. The zero-order valence-corrected chi connectivity index (χ0v) is 10.9. The molecule has 3 aromatic rings. The molecule has 0 aliphatic carbocycles. The van der Waals surface area contributed by atoms with Crippen LogP contribution in [0.15, 0.2) is 54.6 Å². The van der Waals surface area contributed by atoms with Crippen molar-refractivity contribution in [3.8, 4) is 11.3 Å². The molecule has 0 aliphatic heterocycles. The Morgan fingerprint density at radius 2 is 1.79 bits per heavy atom. The van der Waals surface area contributed by atoms with E-state index in [9.17, 15) is 0 Å². The van der Waals surface area contributed by atoms with Crippen molar-refractivity contribution in [1.29, 1.82) is 0 Å². The van der Waals surface area contributed by atoms with Crippen molar-refractivity contribution >= 4 is 16.6 Å². The van der Waals surface area contributed by atoms with E-state index in [0.717, 1.165) is 34.3 Å². The summed E-state index contributed by atoms with van der Waals surface area (Å²) in [5, 5.41) is 1.15. The fourth-order valence-electron chi connectivity index (χ4n) is 2.36. The summed E-state index contributed by atoms with van der Waals surface area (Å²) < 4.78 is 0. The number of aryl methyl sites for hydroxylation is 1. The van der Waals surface area contributed by atoms with E-state index in [0.29, 0.717) is 0 Å². The fourth-order valence-corrected chi connectivity index (χ4v) is 2.36. The lowest BCUT2D eigenvalue weighted by Gasteiger charge is -2.09. The molecule has 0 fully saturated rings. The van der Waals surface area contributed by atoms with Crippen molar-refractivity contribution in [2.24, 2.45) is 0 Å². The van der Waals surface area contributed by atoms with Gasteiger partial charge in [0, 0.05) is 16.6 Å². The van der Waals surface area contributed by atoms with Gasteiger partial charge in [0.2, 0.25) is 0 Å². The number of fused-ring (bicyclic) bond motifs is 1. The molecule has 2 heteroatoms. The van der Waals surface area contributed by atoms with Crippen molar-refractivity contribution in [3.63, 3.8) is 0 Å². The van der Waals surface area contributed by atoms with Gasteiger partial charge >= 0.3 is 0 Å². The minimum Gasteiger partial charge on any atom is -0.399 e. The van der Waals surface area contributed by atoms with Crippen LogP contribution < -0.4 is 5.73 Å². The van der Waals surface area contributed by atoms with Gasteiger partial charge in [-0.1, -0.05) is 37.3 Å². The lowest BCUT2D eigenvalue weighted by Crippen LogP contribution is -1.93. The molecule has 94 valence electrons. The van der Waals surface area contributed by atoms with Crippen LogP contribution in [-0.2, 0) is 6.42 Å². The van der Waals surface area contributed by atoms with Crippen LogP contribution in [0.2, 0.25) is 0 Å². The van der Waals surface area contributed by atoms with E-state index in [4.69, 9.17) is 10.7 Å². The first-order chi connectivity index (χ1) is 9.28. The van der Waals surface area contributed by atoms with E-state index < -0.39 is 0 Å². The molecule has 0 aliphatic rings. The number of anilines is 1. The first kappa shape index (κ1) is 11.7. The van der Waals surface area contributed by atoms with Crippen LogP contribution in [0, 0.1) is 0 Å². The molecule has 0 saturated carbocycles. The van der Waals surface area contributed by atoms with Gasteiger partial charge in [0.05, 0.1) is 11.2 Å². The molecule has 0 unspecified atom stereocenters. The number of nitrogens with zero attached hydrogens (tertiary/aromatic N) is 1. The lowest BCUT2D eigenvalue weighted by molar-refractivity contribution is 1.15. The molecule has 2 aromatic carbocycles. The molecule has 2 N–H and O–H groups in total. The van der Waals surface area contributed by atoms with E-state index >= 15 is 0 Å². The molecular weight excluding hydrogens is 232 g/mol. The Morgan fingerprint density at radius 1 is 1.00 bits per heavy atom. The van der Waals surface area contributed by atoms with Gasteiger partial charge in [-0.15, -0.1) is 0 Å². The number of benzene rings is 2. The maximum absolute atomic E-state index is 5.87. The number of nitrogen functional groups attached to an aromatic ring is 1. The predicted octanol–water partition coefficient (Wildman–Crippen LogP) is 4.05. The van der Waals surface area contributed by atoms with Crippen LogP contribution >= 0.6 is 0 Å². The van der Waals surface area contributed by atoms with Crippen molar-refractivity contribution in [1.82, 2.24) is 4.98 Å². The molecule has 1 aromatic heterocycles. The predicted molar refractivity (Wildman–Crippen MR) is 81.0 cm³/mol. The molecule has 3 rings (SSSR count). The molecule has 0 spiro atoms. The minimum atomic E-state index is 0.788. The van der Waals surface area contributed by atoms with Gasteiger partial charge in [-0.3, -0.25) is 0 Å². The van der Waals surface area contributed by atoms with Gasteiger partial charge in [0.15, 0.2) is 0 Å². The summed E-state index contributed by atoms with van der Waals surface area (Å²) >= 11 is 0. The van der Waals surface area contributed by atoms with Crippen LogP contribution in [0.4, 0.5) is 5.69 Å². The van der Waals surface area contributed by atoms with E-state index in [-0.39, 0.29) is 0 Å². The Kier molecular flexibility index (Phi) is 2.92. The number of aromatic nitrogens is 1. The zero-order chi connectivity index (χ0) is 13.2. The highest BCUT2D eigenvalue weighted by atomic mass is 14.7. The first-order valence-electron chi connectivity index (χ1n) is 6.52. The average Bonchev–Trinajstić information content (AvgIpc) is 2.47. The van der Waals surface area contributed by atoms with E-state index in [1.54, 1.807) is 0 Å². The summed E-state index contributed by atoms with van der Waals surface area (Å²) in [6.45, 7) is 2.16. The Morgan fingerprint density at radius 3 is 2.53 bits per heavy atom. The Labute approximate surface area is 112 Å². The highest BCUT2D eigenvalue weighted by Crippen LogP contribution is 2.26. The van der Waals surface area contributed by atoms with Gasteiger partial charge in [-0.25, -0.2) is 4.98 Å². The monoisotopic (exact) mass is 248 g/mol. The van der Waals surface area contributed by atoms with Crippen LogP contribution in [0.25, 0.3) is 22.2 Å². The second-order valence-electron chi connectivity index (χ2n) is 4.66. The van der Waals surface area contributed by atoms with E-state index in [2.05, 4.69) is 25.1 Å². The van der Waals surface area contributed by atoms with Gasteiger partial charge < -0.3 is 5.73 Å². The topological polar surface area (TPSA) is 38.9 Å². The lowest BCUT2D eigenvalue weighted by atomic mass is 10.0. The van der Waals surface area contributed by atoms with Gasteiger partial charge in [-0.2, -0.15) is 0 Å². The first-order valence-corrected chi connectivity index (χ1v) is 6.52. The highest BCUT2D eigenvalue weighted by molar-refractivity contribution is 5.87. The van der Waals surface area contributed by atoms with Crippen LogP contribution in [0.5, 0.6) is 0 Å². The van der Waals surface area contributed by atoms with Gasteiger partial charge in [0.1, 0.15) is 0 Å². The molecule has 1 heterocycles. The number of hydrogen-bond donors (Lipinski definition) is 1. The number of nitrogens with two attached hydrogens (primary N) is 1. The largest absolute Gasteiger partial charge is 0.399 e. The molecule has 0 saturated heterocycles. The second-order valence-corrected chi connectivity index (χ2v) is 4.66. The van der Waals surface area contributed by atoms with Gasteiger partial charge in [0.25, 0.3) is 0 Å². The van der Waals surface area contributed by atoms with E-state index in [1.165, 1.54) is 5.56 Å². The summed E-state index contributed by atoms with van der Waals surface area (Å²) in [4.78, 5) is 4.74. The standard InChI is InChI=1S/C17H16N2/c1-2-12-10-17(13-6-4-3-5-7-13)19-16-9-8-14(18)11-15(12)16/h3-11H,2,18H2,1H3. The van der Waals surface area contributed by atoms with Crippen molar-refractivity contribution in [2.45, 2.75) is 13.3 Å². The third-order valence-electron chi connectivity index (χ3n) is 3.37. The third-order valence-corrected chi connectivity index (χ3v) is 3.37. The molecule has 2 nitrogen and oxygen atoms in total. The van der Waals surface area contributed by atoms with Crippen LogP contribution in [0.1, 0.15) is 12.5 Å². The van der Waals surface area contributed by atoms with Crippen molar-refractivity contribution < 1.29 is 0 Å². The van der Waals surface area contributed by atoms with Gasteiger partial charge in [-0.05, 0) is 36.2 Å². The molecule has 0 atom stereocenters. The maximum Gasteiger partial charge on any atom is 0.0713 e. The number of pyridine rings is 1. The Balaban J connectivity index is 2.26. The third kappa shape index (κ3) is 2.17. The summed E-state index contributed by atoms with van der Waals surface area (Å²) in [5.74, 6) is 0. The van der Waals surface area contributed by atoms with Crippen LogP contribution in [-0.4, -0.2) is 4.98 Å². The quantitative estimate of drug-likeness (QED) is 0.695. The average molecular weight is 248 g/mol. The summed E-state index contributed by atoms with van der Waals surface area (Å²) in [6.07, 6.45) is 0.975. The summed E-state index contributed by atoms with van der Waals surface area (Å²) in [6, 6.07) is 18.3. The molecular formula is C17H16N2. The second kappa shape index (κ2) is 4.73. The fraction of sp³-hybridized carbons (Fsp3) is 0.118. The maximum atomic E-state index is 5.87. The molecule has 19 heavy (non-hydrogen) atoms. The number of rotatable bonds is 2. The summed E-state index contributed by atoms with van der Waals surface area (Å²) in [5.41, 5.74) is 11.1. The highest BCUT2D eigenvalue weighted by Gasteiger charge is 2.06. The van der Waals surface area contributed by atoms with E-state index in [1.807, 2.05) is 36.4 Å². The van der Waals surface area contributed by atoms with Crippen LogP contribution in [0.3, 0.4) is 0 Å². The number of hydrogen-bond acceptors (Lipinski definition) is 2. The molecule has 0 bridgehead atoms. The zero-order valence-electron chi connectivity index (χ0n) is 10.9.